The zero-order chi connectivity index (χ0) is 12.3. The summed E-state index contributed by atoms with van der Waals surface area (Å²) in [5.74, 6) is -1.51. The minimum Gasteiger partial charge on any atom is -0.480 e. The van der Waals surface area contributed by atoms with E-state index < -0.39 is 17.9 Å². The molecule has 1 aromatic rings. The molecule has 0 saturated heterocycles. The summed E-state index contributed by atoms with van der Waals surface area (Å²) in [6.45, 7) is 3.11. The molecule has 0 aliphatic heterocycles. The Bertz CT molecular complexity index is 431. The summed E-state index contributed by atoms with van der Waals surface area (Å²) in [7, 11) is 0. The van der Waals surface area contributed by atoms with Gasteiger partial charge in [-0.25, -0.2) is 0 Å². The topological polar surface area (TPSA) is 66.4 Å². The van der Waals surface area contributed by atoms with E-state index in [0.29, 0.717) is 16.1 Å². The highest BCUT2D eigenvalue weighted by Crippen LogP contribution is 2.18. The number of aliphatic carboxylic acids is 1. The van der Waals surface area contributed by atoms with Gasteiger partial charge in [-0.05, 0) is 31.5 Å². The molecule has 86 valence electrons. The first kappa shape index (κ1) is 12.5. The fourth-order valence-corrected chi connectivity index (χ4v) is 1.36. The third-order valence-electron chi connectivity index (χ3n) is 2.23. The maximum absolute atomic E-state index is 11.7. The van der Waals surface area contributed by atoms with E-state index in [0.717, 1.165) is 0 Å². The van der Waals surface area contributed by atoms with Gasteiger partial charge in [0.2, 0.25) is 0 Å². The van der Waals surface area contributed by atoms with E-state index in [1.54, 1.807) is 25.1 Å². The molecule has 4 nitrogen and oxygen atoms in total. The summed E-state index contributed by atoms with van der Waals surface area (Å²) in [5, 5.41) is 11.5. The lowest BCUT2D eigenvalue weighted by Gasteiger charge is -2.11. The molecule has 1 rings (SSSR count). The van der Waals surface area contributed by atoms with Crippen molar-refractivity contribution < 1.29 is 14.7 Å². The second kappa shape index (κ2) is 4.99. The van der Waals surface area contributed by atoms with E-state index in [1.165, 1.54) is 6.92 Å². The van der Waals surface area contributed by atoms with Crippen molar-refractivity contribution in [2.24, 2.45) is 0 Å². The molecule has 0 heterocycles. The molecule has 1 amide bonds. The summed E-state index contributed by atoms with van der Waals surface area (Å²) in [6.07, 6.45) is 0. The molecule has 0 spiro atoms. The SMILES string of the molecule is Cc1c(Cl)cccc1C(=O)NC(C)C(=O)O. The van der Waals surface area contributed by atoms with E-state index in [-0.39, 0.29) is 0 Å². The molecule has 1 unspecified atom stereocenters. The molecular weight excluding hydrogens is 230 g/mol. The first-order chi connectivity index (χ1) is 7.43. The fraction of sp³-hybridized carbons (Fsp3) is 0.273. The number of rotatable bonds is 3. The van der Waals surface area contributed by atoms with Crippen LogP contribution in [0.3, 0.4) is 0 Å². The minimum atomic E-state index is -1.08. The van der Waals surface area contributed by atoms with Crippen molar-refractivity contribution in [1.29, 1.82) is 0 Å². The van der Waals surface area contributed by atoms with Crippen LogP contribution in [0.15, 0.2) is 18.2 Å². The number of hydrogen-bond acceptors (Lipinski definition) is 2. The predicted octanol–water partition coefficient (Wildman–Crippen LogP) is 1.85. The van der Waals surface area contributed by atoms with E-state index in [1.807, 2.05) is 0 Å². The second-order valence-corrected chi connectivity index (χ2v) is 3.85. The van der Waals surface area contributed by atoms with Crippen molar-refractivity contribution in [3.63, 3.8) is 0 Å². The summed E-state index contributed by atoms with van der Waals surface area (Å²) in [5.41, 5.74) is 1.03. The van der Waals surface area contributed by atoms with Crippen LogP contribution in [0, 0.1) is 6.92 Å². The number of amides is 1. The number of carboxylic acid groups (broad SMARTS) is 1. The summed E-state index contributed by atoms with van der Waals surface area (Å²) < 4.78 is 0. The van der Waals surface area contributed by atoms with Gasteiger partial charge in [0, 0.05) is 10.6 Å². The van der Waals surface area contributed by atoms with Gasteiger partial charge in [-0.3, -0.25) is 9.59 Å². The lowest BCUT2D eigenvalue weighted by molar-refractivity contribution is -0.138. The summed E-state index contributed by atoms with van der Waals surface area (Å²) in [6, 6.07) is 4.00. The fourth-order valence-electron chi connectivity index (χ4n) is 1.19. The maximum Gasteiger partial charge on any atom is 0.325 e. The first-order valence-electron chi connectivity index (χ1n) is 4.72. The maximum atomic E-state index is 11.7. The zero-order valence-corrected chi connectivity index (χ0v) is 9.71. The highest BCUT2D eigenvalue weighted by atomic mass is 35.5. The average Bonchev–Trinajstić information content (AvgIpc) is 2.21. The Labute approximate surface area is 98.2 Å². The van der Waals surface area contributed by atoms with E-state index in [9.17, 15) is 9.59 Å². The average molecular weight is 242 g/mol. The lowest BCUT2D eigenvalue weighted by Crippen LogP contribution is -2.38. The van der Waals surface area contributed by atoms with Gasteiger partial charge in [-0.15, -0.1) is 0 Å². The van der Waals surface area contributed by atoms with Gasteiger partial charge in [-0.2, -0.15) is 0 Å². The normalized spacial score (nSPS) is 11.9. The Morgan fingerprint density at radius 2 is 2.06 bits per heavy atom. The van der Waals surface area contributed by atoms with Gasteiger partial charge in [0.05, 0.1) is 0 Å². The van der Waals surface area contributed by atoms with Crippen LogP contribution in [-0.2, 0) is 4.79 Å². The van der Waals surface area contributed by atoms with Gasteiger partial charge in [0.15, 0.2) is 0 Å². The van der Waals surface area contributed by atoms with Gasteiger partial charge >= 0.3 is 5.97 Å². The van der Waals surface area contributed by atoms with Crippen molar-refractivity contribution in [3.05, 3.63) is 34.3 Å². The molecule has 0 fully saturated rings. The Balaban J connectivity index is 2.89. The molecular formula is C11H12ClNO3. The Hall–Kier alpha value is -1.55. The van der Waals surface area contributed by atoms with Crippen molar-refractivity contribution >= 4 is 23.5 Å². The monoisotopic (exact) mass is 241 g/mol. The van der Waals surface area contributed by atoms with E-state index in [4.69, 9.17) is 16.7 Å². The standard InChI is InChI=1S/C11H12ClNO3/c1-6-8(4-3-5-9(6)12)10(14)13-7(2)11(15)16/h3-5,7H,1-2H3,(H,13,14)(H,15,16). The Kier molecular flexibility index (Phi) is 3.90. The van der Waals surface area contributed by atoms with Crippen LogP contribution < -0.4 is 5.32 Å². The number of carboxylic acids is 1. The highest BCUT2D eigenvalue weighted by Gasteiger charge is 2.17. The van der Waals surface area contributed by atoms with Crippen LogP contribution in [0.2, 0.25) is 5.02 Å². The molecule has 1 atom stereocenters. The van der Waals surface area contributed by atoms with Gasteiger partial charge in [-0.1, -0.05) is 17.7 Å². The molecule has 1 aromatic carbocycles. The zero-order valence-electron chi connectivity index (χ0n) is 8.95. The number of nitrogens with one attached hydrogen (secondary N) is 1. The number of carbonyl (C=O) groups excluding carboxylic acids is 1. The van der Waals surface area contributed by atoms with Gasteiger partial charge < -0.3 is 10.4 Å². The number of benzene rings is 1. The quantitative estimate of drug-likeness (QED) is 0.849. The third-order valence-corrected chi connectivity index (χ3v) is 2.64. The van der Waals surface area contributed by atoms with Crippen molar-refractivity contribution in [2.45, 2.75) is 19.9 Å². The number of carbonyl (C=O) groups is 2. The van der Waals surface area contributed by atoms with Crippen LogP contribution in [0.5, 0.6) is 0 Å². The number of halogens is 1. The van der Waals surface area contributed by atoms with E-state index in [2.05, 4.69) is 5.32 Å². The molecule has 5 heteroatoms. The molecule has 2 N–H and O–H groups in total. The van der Waals surface area contributed by atoms with Crippen molar-refractivity contribution in [3.8, 4) is 0 Å². The molecule has 0 aliphatic carbocycles. The predicted molar refractivity (Wildman–Crippen MR) is 60.8 cm³/mol. The summed E-state index contributed by atoms with van der Waals surface area (Å²) in [4.78, 5) is 22.3. The van der Waals surface area contributed by atoms with Crippen LogP contribution in [-0.4, -0.2) is 23.0 Å². The smallest absolute Gasteiger partial charge is 0.325 e. The molecule has 0 radical (unpaired) electrons. The molecule has 0 aromatic heterocycles. The molecule has 16 heavy (non-hydrogen) atoms. The van der Waals surface area contributed by atoms with Gasteiger partial charge in [0.25, 0.3) is 5.91 Å². The van der Waals surface area contributed by atoms with Crippen LogP contribution >= 0.6 is 11.6 Å². The van der Waals surface area contributed by atoms with Crippen molar-refractivity contribution in [1.82, 2.24) is 5.32 Å². The second-order valence-electron chi connectivity index (χ2n) is 3.45. The van der Waals surface area contributed by atoms with Crippen LogP contribution in [0.4, 0.5) is 0 Å². The highest BCUT2D eigenvalue weighted by molar-refractivity contribution is 6.31. The molecule has 0 aliphatic rings. The van der Waals surface area contributed by atoms with Crippen LogP contribution in [0.25, 0.3) is 0 Å². The molecule has 0 saturated carbocycles. The lowest BCUT2D eigenvalue weighted by atomic mass is 10.1. The first-order valence-corrected chi connectivity index (χ1v) is 5.10. The minimum absolute atomic E-state index is 0.389. The Morgan fingerprint density at radius 3 is 2.62 bits per heavy atom. The van der Waals surface area contributed by atoms with Gasteiger partial charge in [0.1, 0.15) is 6.04 Å². The summed E-state index contributed by atoms with van der Waals surface area (Å²) >= 11 is 5.86. The third kappa shape index (κ3) is 2.73. The Morgan fingerprint density at radius 1 is 1.44 bits per heavy atom. The van der Waals surface area contributed by atoms with Crippen molar-refractivity contribution in [2.75, 3.05) is 0 Å². The molecule has 0 bridgehead atoms. The largest absolute Gasteiger partial charge is 0.480 e. The van der Waals surface area contributed by atoms with E-state index >= 15 is 0 Å². The van der Waals surface area contributed by atoms with Crippen LogP contribution in [0.1, 0.15) is 22.8 Å². The number of hydrogen-bond donors (Lipinski definition) is 2.